The molecule has 4 nitrogen and oxygen atoms in total. The second kappa shape index (κ2) is 6.22. The second-order valence-corrected chi connectivity index (χ2v) is 6.91. The van der Waals surface area contributed by atoms with Crippen LogP contribution in [0.2, 0.25) is 0 Å². The molecule has 0 aliphatic heterocycles. The van der Waals surface area contributed by atoms with Gasteiger partial charge in [-0.2, -0.15) is 11.8 Å². The number of rotatable bonds is 6. The minimum absolute atomic E-state index is 0.229. The van der Waals surface area contributed by atoms with Crippen molar-refractivity contribution in [1.29, 1.82) is 0 Å². The monoisotopic (exact) mass is 260 g/mol. The Kier molecular flexibility index (Phi) is 5.24. The first-order chi connectivity index (χ1) is 7.51. The Morgan fingerprint density at radius 1 is 1.50 bits per heavy atom. The average Bonchev–Trinajstić information content (AvgIpc) is 2.23. The highest BCUT2D eigenvalue weighted by Crippen LogP contribution is 2.12. The summed E-state index contributed by atoms with van der Waals surface area (Å²) < 4.78 is 21.8. The van der Waals surface area contributed by atoms with Crippen LogP contribution in [-0.2, 0) is 22.1 Å². The molecule has 1 aromatic rings. The molecule has 0 bridgehead atoms. The lowest BCUT2D eigenvalue weighted by molar-refractivity contribution is 0.603. The molecular weight excluding hydrogens is 244 g/mol. The number of nitrogens with zero attached hydrogens (tertiary/aromatic N) is 1. The third kappa shape index (κ3) is 5.48. The summed E-state index contributed by atoms with van der Waals surface area (Å²) in [6, 6.07) is 3.88. The number of hydrogen-bond acceptors (Lipinski definition) is 5. The van der Waals surface area contributed by atoms with Gasteiger partial charge >= 0.3 is 0 Å². The van der Waals surface area contributed by atoms with E-state index >= 15 is 0 Å². The molecule has 0 saturated carbocycles. The molecule has 1 rings (SSSR count). The fourth-order valence-electron chi connectivity index (χ4n) is 1.13. The van der Waals surface area contributed by atoms with Gasteiger partial charge in [0.25, 0.3) is 0 Å². The molecule has 0 unspecified atom stereocenters. The van der Waals surface area contributed by atoms with Crippen molar-refractivity contribution in [2.75, 3.05) is 17.8 Å². The summed E-state index contributed by atoms with van der Waals surface area (Å²) in [4.78, 5) is 4.10. The molecule has 1 aromatic heterocycles. The first kappa shape index (κ1) is 13.5. The topological polar surface area (TPSA) is 73.0 Å². The van der Waals surface area contributed by atoms with Crippen LogP contribution in [0.3, 0.4) is 0 Å². The van der Waals surface area contributed by atoms with E-state index in [0.29, 0.717) is 12.3 Å². The molecule has 1 heterocycles. The van der Waals surface area contributed by atoms with Gasteiger partial charge < -0.3 is 5.73 Å². The molecule has 0 spiro atoms. The van der Waals surface area contributed by atoms with Crippen molar-refractivity contribution >= 4 is 21.6 Å². The van der Waals surface area contributed by atoms with Crippen LogP contribution in [0.5, 0.6) is 0 Å². The van der Waals surface area contributed by atoms with E-state index in [2.05, 4.69) is 4.98 Å². The number of aromatic nitrogens is 1. The zero-order chi connectivity index (χ0) is 12.0. The minimum atomic E-state index is -2.84. The largest absolute Gasteiger partial charge is 0.325 e. The van der Waals surface area contributed by atoms with Gasteiger partial charge in [0.15, 0.2) is 0 Å². The number of pyridine rings is 1. The van der Waals surface area contributed by atoms with Crippen LogP contribution in [0.25, 0.3) is 0 Å². The molecule has 2 N–H and O–H groups in total. The molecule has 0 atom stereocenters. The third-order valence-corrected chi connectivity index (χ3v) is 4.19. The lowest BCUT2D eigenvalue weighted by Crippen LogP contribution is -2.05. The van der Waals surface area contributed by atoms with Crippen LogP contribution in [0, 0.1) is 0 Å². The predicted octanol–water partition coefficient (Wildman–Crippen LogP) is 0.818. The summed E-state index contributed by atoms with van der Waals surface area (Å²) in [7, 11) is -2.84. The molecule has 0 saturated heterocycles. The Morgan fingerprint density at radius 2 is 2.25 bits per heavy atom. The van der Waals surface area contributed by atoms with Gasteiger partial charge in [0.2, 0.25) is 0 Å². The first-order valence-electron chi connectivity index (χ1n) is 4.90. The van der Waals surface area contributed by atoms with Crippen LogP contribution < -0.4 is 5.73 Å². The van der Waals surface area contributed by atoms with Gasteiger partial charge in [-0.05, 0) is 17.7 Å². The van der Waals surface area contributed by atoms with Crippen LogP contribution in [0.1, 0.15) is 11.3 Å². The third-order valence-electron chi connectivity index (χ3n) is 1.96. The number of nitrogens with two attached hydrogens (primary N) is 1. The summed E-state index contributed by atoms with van der Waals surface area (Å²) in [5.41, 5.74) is 7.48. The molecule has 90 valence electrons. The molecule has 0 fully saturated rings. The standard InChI is InChI=1S/C10H16N2O2S2/c1-16(13,14)5-4-15-8-9-2-3-12-10(6-9)7-11/h2-3,6H,4-5,7-8,11H2,1H3. The molecule has 0 aromatic carbocycles. The van der Waals surface area contributed by atoms with Gasteiger partial charge in [0.05, 0.1) is 11.4 Å². The minimum Gasteiger partial charge on any atom is -0.325 e. The lowest BCUT2D eigenvalue weighted by Gasteiger charge is -2.03. The molecule has 16 heavy (non-hydrogen) atoms. The van der Waals surface area contributed by atoms with E-state index in [1.807, 2.05) is 12.1 Å². The maximum Gasteiger partial charge on any atom is 0.148 e. The Hall–Kier alpha value is -0.590. The molecule has 6 heteroatoms. The van der Waals surface area contributed by atoms with Crippen molar-refractivity contribution in [3.63, 3.8) is 0 Å². The smallest absolute Gasteiger partial charge is 0.148 e. The molecule has 0 aliphatic carbocycles. The Balaban J connectivity index is 2.37. The van der Waals surface area contributed by atoms with Gasteiger partial charge in [-0.25, -0.2) is 8.42 Å². The SMILES string of the molecule is CS(=O)(=O)CCSCc1ccnc(CN)c1. The maximum atomic E-state index is 10.9. The maximum absolute atomic E-state index is 10.9. The summed E-state index contributed by atoms with van der Waals surface area (Å²) >= 11 is 1.60. The van der Waals surface area contributed by atoms with E-state index in [4.69, 9.17) is 5.73 Å². The van der Waals surface area contributed by atoms with Crippen molar-refractivity contribution in [3.05, 3.63) is 29.6 Å². The Labute approximate surface area is 101 Å². The molecule has 0 amide bonds. The van der Waals surface area contributed by atoms with E-state index in [9.17, 15) is 8.42 Å². The summed E-state index contributed by atoms with van der Waals surface area (Å²) in [6.45, 7) is 0.432. The summed E-state index contributed by atoms with van der Waals surface area (Å²) in [5.74, 6) is 1.65. The summed E-state index contributed by atoms with van der Waals surface area (Å²) in [6.07, 6.45) is 2.99. The Morgan fingerprint density at radius 3 is 2.88 bits per heavy atom. The molecule has 0 aliphatic rings. The van der Waals surface area contributed by atoms with Gasteiger partial charge in [-0.1, -0.05) is 0 Å². The Bertz CT molecular complexity index is 432. The van der Waals surface area contributed by atoms with Gasteiger partial charge in [0, 0.05) is 30.5 Å². The van der Waals surface area contributed by atoms with Gasteiger partial charge in [-0.15, -0.1) is 0 Å². The zero-order valence-electron chi connectivity index (χ0n) is 9.22. The number of sulfone groups is 1. The van der Waals surface area contributed by atoms with Crippen molar-refractivity contribution in [3.8, 4) is 0 Å². The van der Waals surface area contributed by atoms with E-state index in [1.54, 1.807) is 18.0 Å². The fourth-order valence-corrected chi connectivity index (χ4v) is 3.37. The quantitative estimate of drug-likeness (QED) is 0.767. The molecule has 0 radical (unpaired) electrons. The highest BCUT2D eigenvalue weighted by molar-refractivity contribution is 7.99. The van der Waals surface area contributed by atoms with Crippen LogP contribution in [0.15, 0.2) is 18.3 Å². The number of hydrogen-bond donors (Lipinski definition) is 1. The van der Waals surface area contributed by atoms with E-state index in [-0.39, 0.29) is 5.75 Å². The van der Waals surface area contributed by atoms with Crippen molar-refractivity contribution in [1.82, 2.24) is 4.98 Å². The van der Waals surface area contributed by atoms with Crippen LogP contribution in [-0.4, -0.2) is 31.2 Å². The van der Waals surface area contributed by atoms with Gasteiger partial charge in [0.1, 0.15) is 9.84 Å². The lowest BCUT2D eigenvalue weighted by atomic mass is 10.2. The van der Waals surface area contributed by atoms with E-state index < -0.39 is 9.84 Å². The molecular formula is C10H16N2O2S2. The van der Waals surface area contributed by atoms with Crippen molar-refractivity contribution in [2.45, 2.75) is 12.3 Å². The van der Waals surface area contributed by atoms with E-state index in [0.717, 1.165) is 17.0 Å². The predicted molar refractivity (Wildman–Crippen MR) is 68.0 cm³/mol. The second-order valence-electron chi connectivity index (χ2n) is 3.54. The fraction of sp³-hybridized carbons (Fsp3) is 0.500. The van der Waals surface area contributed by atoms with Crippen LogP contribution in [0.4, 0.5) is 0 Å². The van der Waals surface area contributed by atoms with Gasteiger partial charge in [-0.3, -0.25) is 4.98 Å². The van der Waals surface area contributed by atoms with Crippen molar-refractivity contribution < 1.29 is 8.42 Å². The first-order valence-corrected chi connectivity index (χ1v) is 8.12. The van der Waals surface area contributed by atoms with E-state index in [1.165, 1.54) is 6.26 Å². The highest BCUT2D eigenvalue weighted by atomic mass is 32.2. The number of thioether (sulfide) groups is 1. The normalized spacial score (nSPS) is 11.6. The zero-order valence-corrected chi connectivity index (χ0v) is 10.9. The van der Waals surface area contributed by atoms with Crippen LogP contribution >= 0.6 is 11.8 Å². The van der Waals surface area contributed by atoms with Crippen molar-refractivity contribution in [2.24, 2.45) is 5.73 Å². The average molecular weight is 260 g/mol. The highest BCUT2D eigenvalue weighted by Gasteiger charge is 2.02. The summed E-state index contributed by atoms with van der Waals surface area (Å²) in [5, 5.41) is 0.